The summed E-state index contributed by atoms with van der Waals surface area (Å²) in [6.45, 7) is 5.54. The molecule has 8 heteroatoms. The quantitative estimate of drug-likeness (QED) is 0.721. The first-order valence-corrected chi connectivity index (χ1v) is 9.34. The fourth-order valence-corrected chi connectivity index (χ4v) is 3.31. The average Bonchev–Trinajstić information content (AvgIpc) is 3.03. The summed E-state index contributed by atoms with van der Waals surface area (Å²) in [4.78, 5) is 30.4. The molecule has 0 bridgehead atoms. The molecule has 1 aromatic heterocycles. The van der Waals surface area contributed by atoms with Crippen LogP contribution in [0, 0.1) is 0 Å². The van der Waals surface area contributed by atoms with E-state index in [4.69, 9.17) is 25.8 Å². The van der Waals surface area contributed by atoms with E-state index in [1.165, 1.54) is 12.0 Å². The zero-order chi connectivity index (χ0) is 20.5. The highest BCUT2D eigenvalue weighted by Crippen LogP contribution is 2.30. The van der Waals surface area contributed by atoms with Gasteiger partial charge >= 0.3 is 12.1 Å². The number of rotatable bonds is 3. The first-order chi connectivity index (χ1) is 13.2. The molecule has 2 heterocycles. The SMILES string of the molecule is COC(=O)[C@@H]1CC(Oc2ccnc3cc(Cl)ccc23)CN1C(=O)OC(C)(C)C. The Bertz CT molecular complexity index is 896. The molecule has 1 saturated heterocycles. The lowest BCUT2D eigenvalue weighted by molar-refractivity contribution is -0.145. The number of amides is 1. The smallest absolute Gasteiger partial charge is 0.411 e. The molecule has 2 aromatic rings. The van der Waals surface area contributed by atoms with Crippen LogP contribution in [0.25, 0.3) is 10.9 Å². The largest absolute Gasteiger partial charge is 0.488 e. The Hall–Kier alpha value is -2.54. The van der Waals surface area contributed by atoms with Crippen molar-refractivity contribution in [2.45, 2.75) is 44.9 Å². The van der Waals surface area contributed by atoms with Crippen molar-refractivity contribution in [3.63, 3.8) is 0 Å². The highest BCUT2D eigenvalue weighted by molar-refractivity contribution is 6.31. The number of benzene rings is 1. The Morgan fingerprint density at radius 2 is 2.00 bits per heavy atom. The van der Waals surface area contributed by atoms with Crippen LogP contribution in [0.4, 0.5) is 4.79 Å². The number of halogens is 1. The van der Waals surface area contributed by atoms with E-state index in [0.717, 1.165) is 5.39 Å². The number of aromatic nitrogens is 1. The topological polar surface area (TPSA) is 78.0 Å². The van der Waals surface area contributed by atoms with Crippen molar-refractivity contribution in [1.82, 2.24) is 9.88 Å². The number of hydrogen-bond donors (Lipinski definition) is 0. The molecule has 7 nitrogen and oxygen atoms in total. The zero-order valence-corrected chi connectivity index (χ0v) is 17.0. The second-order valence-electron chi connectivity index (χ2n) is 7.62. The van der Waals surface area contributed by atoms with Crippen LogP contribution in [0.3, 0.4) is 0 Å². The van der Waals surface area contributed by atoms with Gasteiger partial charge in [-0.2, -0.15) is 0 Å². The van der Waals surface area contributed by atoms with E-state index in [0.29, 0.717) is 22.7 Å². The molecule has 1 amide bonds. The first kappa shape index (κ1) is 20.2. The highest BCUT2D eigenvalue weighted by Gasteiger charge is 2.43. The van der Waals surface area contributed by atoms with Crippen molar-refractivity contribution >= 4 is 34.6 Å². The lowest BCUT2D eigenvalue weighted by Gasteiger charge is -2.27. The van der Waals surface area contributed by atoms with Crippen LogP contribution in [0.2, 0.25) is 5.02 Å². The summed E-state index contributed by atoms with van der Waals surface area (Å²) in [5.41, 5.74) is 0.0357. The van der Waals surface area contributed by atoms with Crippen LogP contribution in [-0.4, -0.2) is 53.3 Å². The molecule has 1 aromatic carbocycles. The van der Waals surface area contributed by atoms with Gasteiger partial charge in [-0.25, -0.2) is 9.59 Å². The van der Waals surface area contributed by atoms with Crippen molar-refractivity contribution in [2.24, 2.45) is 0 Å². The molecule has 1 aliphatic heterocycles. The van der Waals surface area contributed by atoms with Gasteiger partial charge in [0.2, 0.25) is 0 Å². The summed E-state index contributed by atoms with van der Waals surface area (Å²) in [6, 6.07) is 6.34. The molecule has 1 unspecified atom stereocenters. The van der Waals surface area contributed by atoms with Gasteiger partial charge in [0.15, 0.2) is 0 Å². The van der Waals surface area contributed by atoms with E-state index >= 15 is 0 Å². The minimum absolute atomic E-state index is 0.214. The minimum atomic E-state index is -0.757. The Balaban J connectivity index is 1.82. The maximum atomic E-state index is 12.6. The summed E-state index contributed by atoms with van der Waals surface area (Å²) >= 11 is 6.03. The van der Waals surface area contributed by atoms with Gasteiger partial charge in [0.25, 0.3) is 0 Å². The normalized spacial score (nSPS) is 19.5. The average molecular weight is 407 g/mol. The van der Waals surface area contributed by atoms with E-state index in [2.05, 4.69) is 4.98 Å². The second kappa shape index (κ2) is 7.83. The predicted octanol–water partition coefficient (Wildman–Crippen LogP) is 3.82. The van der Waals surface area contributed by atoms with E-state index in [-0.39, 0.29) is 6.54 Å². The number of nitrogens with zero attached hydrogens (tertiary/aromatic N) is 2. The van der Waals surface area contributed by atoms with Gasteiger partial charge in [0, 0.05) is 23.0 Å². The number of carbonyl (C=O) groups is 2. The van der Waals surface area contributed by atoms with E-state index in [9.17, 15) is 9.59 Å². The number of carbonyl (C=O) groups excluding carboxylic acids is 2. The number of hydrogen-bond acceptors (Lipinski definition) is 6. The summed E-state index contributed by atoms with van der Waals surface area (Å²) in [7, 11) is 1.30. The fraction of sp³-hybridized carbons (Fsp3) is 0.450. The summed E-state index contributed by atoms with van der Waals surface area (Å²) in [5.74, 6) is 0.115. The van der Waals surface area contributed by atoms with E-state index in [1.807, 2.05) is 6.07 Å². The molecule has 3 rings (SSSR count). The maximum absolute atomic E-state index is 12.6. The third-order valence-corrected chi connectivity index (χ3v) is 4.56. The third kappa shape index (κ3) is 4.47. The summed E-state index contributed by atoms with van der Waals surface area (Å²) < 4.78 is 16.4. The van der Waals surface area contributed by atoms with Gasteiger partial charge < -0.3 is 14.2 Å². The van der Waals surface area contributed by atoms with Crippen LogP contribution < -0.4 is 4.74 Å². The summed E-state index contributed by atoms with van der Waals surface area (Å²) in [6.07, 6.45) is 0.980. The van der Waals surface area contributed by atoms with Crippen LogP contribution in [0.5, 0.6) is 5.75 Å². The predicted molar refractivity (Wildman–Crippen MR) is 105 cm³/mol. The van der Waals surface area contributed by atoms with Gasteiger partial charge in [-0.3, -0.25) is 9.88 Å². The molecule has 1 aliphatic rings. The molecular formula is C20H23ClN2O5. The summed E-state index contributed by atoms with van der Waals surface area (Å²) in [5, 5.41) is 1.39. The Kier molecular flexibility index (Phi) is 5.65. The number of likely N-dealkylation sites (tertiary alicyclic amines) is 1. The van der Waals surface area contributed by atoms with E-state index < -0.39 is 29.8 Å². The standard InChI is InChI=1S/C20H23ClN2O5/c1-20(2,3)28-19(25)23-11-13(10-16(23)18(24)26-4)27-17-7-8-22-15-9-12(21)5-6-14(15)17/h5-9,13,16H,10-11H2,1-4H3/t13?,16-/m0/s1. The molecule has 0 saturated carbocycles. The first-order valence-electron chi connectivity index (χ1n) is 8.96. The Morgan fingerprint density at radius 1 is 1.25 bits per heavy atom. The second-order valence-corrected chi connectivity index (χ2v) is 8.05. The van der Waals surface area contributed by atoms with Crippen LogP contribution in [0.1, 0.15) is 27.2 Å². The lowest BCUT2D eigenvalue weighted by Crippen LogP contribution is -2.44. The van der Waals surface area contributed by atoms with Gasteiger partial charge in [-0.15, -0.1) is 0 Å². The van der Waals surface area contributed by atoms with Gasteiger partial charge in [-0.1, -0.05) is 11.6 Å². The maximum Gasteiger partial charge on any atom is 0.411 e. The fourth-order valence-electron chi connectivity index (χ4n) is 3.14. The van der Waals surface area contributed by atoms with Crippen molar-refractivity contribution in [3.8, 4) is 5.75 Å². The molecule has 0 aliphatic carbocycles. The van der Waals surface area contributed by atoms with Crippen LogP contribution in [-0.2, 0) is 14.3 Å². The van der Waals surface area contributed by atoms with Gasteiger partial charge in [-0.05, 0) is 45.0 Å². The van der Waals surface area contributed by atoms with Gasteiger partial charge in [0.1, 0.15) is 23.5 Å². The molecule has 0 spiro atoms. The molecule has 0 N–H and O–H groups in total. The number of fused-ring (bicyclic) bond motifs is 1. The number of methoxy groups -OCH3 is 1. The number of ether oxygens (including phenoxy) is 3. The molecule has 0 radical (unpaired) electrons. The molecule has 28 heavy (non-hydrogen) atoms. The molecule has 2 atom stereocenters. The van der Waals surface area contributed by atoms with E-state index in [1.54, 1.807) is 45.2 Å². The monoisotopic (exact) mass is 406 g/mol. The lowest BCUT2D eigenvalue weighted by atomic mass is 10.2. The zero-order valence-electron chi connectivity index (χ0n) is 16.3. The number of esters is 1. The Labute approximate surface area is 168 Å². The molecule has 1 fully saturated rings. The third-order valence-electron chi connectivity index (χ3n) is 4.32. The number of pyridine rings is 1. The molecular weight excluding hydrogens is 384 g/mol. The minimum Gasteiger partial charge on any atom is -0.488 e. The van der Waals surface area contributed by atoms with Crippen molar-refractivity contribution < 1.29 is 23.8 Å². The van der Waals surface area contributed by atoms with Crippen molar-refractivity contribution in [2.75, 3.05) is 13.7 Å². The Morgan fingerprint density at radius 3 is 2.68 bits per heavy atom. The van der Waals surface area contributed by atoms with Gasteiger partial charge in [0.05, 0.1) is 19.2 Å². The van der Waals surface area contributed by atoms with Crippen molar-refractivity contribution in [1.29, 1.82) is 0 Å². The molecule has 150 valence electrons. The van der Waals surface area contributed by atoms with Crippen molar-refractivity contribution in [3.05, 3.63) is 35.5 Å². The van der Waals surface area contributed by atoms with Crippen LogP contribution in [0.15, 0.2) is 30.5 Å². The highest BCUT2D eigenvalue weighted by atomic mass is 35.5. The van der Waals surface area contributed by atoms with Crippen LogP contribution >= 0.6 is 11.6 Å².